The molecule has 2 aromatic carbocycles. The van der Waals surface area contributed by atoms with Gasteiger partial charge in [0.15, 0.2) is 18.1 Å². The second-order valence-corrected chi connectivity index (χ2v) is 6.40. The minimum atomic E-state index is -0.344. The smallest absolute Gasteiger partial charge is 0.277 e. The summed E-state index contributed by atoms with van der Waals surface area (Å²) in [5, 5.41) is 3.95. The molecule has 0 saturated carbocycles. The third-order valence-electron chi connectivity index (χ3n) is 3.62. The van der Waals surface area contributed by atoms with Crippen molar-refractivity contribution in [1.29, 1.82) is 0 Å². The maximum absolute atomic E-state index is 11.9. The lowest BCUT2D eigenvalue weighted by atomic mass is 10.1. The SMILES string of the molecule is COc1cc(/C=N/NC(=O)COc2c(C)cccc2C)cc(Br)c1OC. The summed E-state index contributed by atoms with van der Waals surface area (Å²) in [4.78, 5) is 11.9. The zero-order chi connectivity index (χ0) is 19.1. The van der Waals surface area contributed by atoms with Crippen LogP contribution in [-0.4, -0.2) is 32.9 Å². The highest BCUT2D eigenvalue weighted by Gasteiger charge is 2.10. The summed E-state index contributed by atoms with van der Waals surface area (Å²) in [6, 6.07) is 9.39. The number of carbonyl (C=O) groups excluding carboxylic acids is 1. The molecule has 6 nitrogen and oxygen atoms in total. The molecule has 0 heterocycles. The van der Waals surface area contributed by atoms with Crippen LogP contribution in [0.5, 0.6) is 17.2 Å². The molecule has 0 bridgehead atoms. The lowest BCUT2D eigenvalue weighted by Gasteiger charge is -2.11. The molecule has 138 valence electrons. The number of rotatable bonds is 7. The number of hydrogen-bond donors (Lipinski definition) is 1. The van der Waals surface area contributed by atoms with E-state index < -0.39 is 0 Å². The summed E-state index contributed by atoms with van der Waals surface area (Å²) >= 11 is 3.41. The van der Waals surface area contributed by atoms with Crippen LogP contribution >= 0.6 is 15.9 Å². The van der Waals surface area contributed by atoms with Crippen molar-refractivity contribution in [2.75, 3.05) is 20.8 Å². The molecule has 2 rings (SSSR count). The first kappa shape index (κ1) is 19.8. The van der Waals surface area contributed by atoms with E-state index in [9.17, 15) is 4.79 Å². The molecular formula is C19H21BrN2O4. The molecule has 0 spiro atoms. The van der Waals surface area contributed by atoms with Crippen LogP contribution in [-0.2, 0) is 4.79 Å². The summed E-state index contributed by atoms with van der Waals surface area (Å²) in [6.07, 6.45) is 1.52. The zero-order valence-electron chi connectivity index (χ0n) is 15.1. The lowest BCUT2D eigenvalue weighted by molar-refractivity contribution is -0.123. The topological polar surface area (TPSA) is 69.2 Å². The summed E-state index contributed by atoms with van der Waals surface area (Å²) in [5.41, 5.74) is 5.15. The molecule has 0 saturated heterocycles. The van der Waals surface area contributed by atoms with E-state index in [2.05, 4.69) is 26.5 Å². The van der Waals surface area contributed by atoms with Crippen LogP contribution in [0, 0.1) is 13.8 Å². The fourth-order valence-electron chi connectivity index (χ4n) is 2.39. The molecule has 26 heavy (non-hydrogen) atoms. The lowest BCUT2D eigenvalue weighted by Crippen LogP contribution is -2.25. The molecule has 0 radical (unpaired) electrons. The Morgan fingerprint density at radius 2 is 1.85 bits per heavy atom. The van der Waals surface area contributed by atoms with Gasteiger partial charge in [-0.25, -0.2) is 5.43 Å². The van der Waals surface area contributed by atoms with Gasteiger partial charge in [-0.2, -0.15) is 5.10 Å². The van der Waals surface area contributed by atoms with Crippen molar-refractivity contribution < 1.29 is 19.0 Å². The molecule has 0 aliphatic carbocycles. The van der Waals surface area contributed by atoms with Crippen LogP contribution in [0.3, 0.4) is 0 Å². The van der Waals surface area contributed by atoms with Crippen LogP contribution < -0.4 is 19.6 Å². The van der Waals surface area contributed by atoms with Crippen LogP contribution in [0.4, 0.5) is 0 Å². The highest BCUT2D eigenvalue weighted by Crippen LogP contribution is 2.35. The summed E-state index contributed by atoms with van der Waals surface area (Å²) in [5.74, 6) is 1.53. The molecule has 1 N–H and O–H groups in total. The molecule has 0 aliphatic rings. The average molecular weight is 421 g/mol. The van der Waals surface area contributed by atoms with Gasteiger partial charge in [0.05, 0.1) is 24.9 Å². The Labute approximate surface area is 161 Å². The van der Waals surface area contributed by atoms with E-state index in [1.54, 1.807) is 20.3 Å². The monoisotopic (exact) mass is 420 g/mol. The van der Waals surface area contributed by atoms with E-state index in [1.165, 1.54) is 6.21 Å². The normalized spacial score (nSPS) is 10.7. The van der Waals surface area contributed by atoms with Crippen molar-refractivity contribution >= 4 is 28.1 Å². The van der Waals surface area contributed by atoms with Crippen molar-refractivity contribution in [3.8, 4) is 17.2 Å². The number of methoxy groups -OCH3 is 2. The number of carbonyl (C=O) groups is 1. The van der Waals surface area contributed by atoms with Gasteiger partial charge in [0.25, 0.3) is 5.91 Å². The number of halogens is 1. The van der Waals surface area contributed by atoms with Gasteiger partial charge < -0.3 is 14.2 Å². The summed E-state index contributed by atoms with van der Waals surface area (Å²) in [6.45, 7) is 3.76. The van der Waals surface area contributed by atoms with Crippen LogP contribution in [0.25, 0.3) is 0 Å². The van der Waals surface area contributed by atoms with Crippen LogP contribution in [0.2, 0.25) is 0 Å². The number of hydrazone groups is 1. The molecule has 0 atom stereocenters. The van der Waals surface area contributed by atoms with Crippen molar-refractivity contribution in [1.82, 2.24) is 5.43 Å². The van der Waals surface area contributed by atoms with Crippen molar-refractivity contribution in [3.05, 3.63) is 51.5 Å². The third kappa shape index (κ3) is 4.98. The molecule has 1 amide bonds. The summed E-state index contributed by atoms with van der Waals surface area (Å²) in [7, 11) is 3.12. The zero-order valence-corrected chi connectivity index (χ0v) is 16.7. The minimum Gasteiger partial charge on any atom is -0.493 e. The van der Waals surface area contributed by atoms with E-state index in [-0.39, 0.29) is 12.5 Å². The highest BCUT2D eigenvalue weighted by molar-refractivity contribution is 9.10. The Morgan fingerprint density at radius 3 is 2.46 bits per heavy atom. The van der Waals surface area contributed by atoms with E-state index in [0.29, 0.717) is 11.5 Å². The van der Waals surface area contributed by atoms with Crippen molar-refractivity contribution in [2.24, 2.45) is 5.10 Å². The van der Waals surface area contributed by atoms with Gasteiger partial charge in [-0.3, -0.25) is 4.79 Å². The van der Waals surface area contributed by atoms with E-state index in [1.807, 2.05) is 38.1 Å². The Balaban J connectivity index is 1.96. The number of nitrogens with one attached hydrogen (secondary N) is 1. The quantitative estimate of drug-likeness (QED) is 0.548. The predicted molar refractivity (Wildman–Crippen MR) is 104 cm³/mol. The Kier molecular flexibility index (Phi) is 7.03. The van der Waals surface area contributed by atoms with Gasteiger partial charge in [-0.15, -0.1) is 0 Å². The standard InChI is InChI=1S/C19H21BrN2O4/c1-12-6-5-7-13(2)18(12)26-11-17(23)22-21-10-14-8-15(20)19(25-4)16(9-14)24-3/h5-10H,11H2,1-4H3,(H,22,23)/b21-10+. The number of amides is 1. The molecule has 7 heteroatoms. The molecular weight excluding hydrogens is 400 g/mol. The molecule has 0 aromatic heterocycles. The van der Waals surface area contributed by atoms with Crippen molar-refractivity contribution in [3.63, 3.8) is 0 Å². The molecule has 2 aromatic rings. The number of benzene rings is 2. The Hall–Kier alpha value is -2.54. The molecule has 0 fully saturated rings. The second-order valence-electron chi connectivity index (χ2n) is 5.54. The predicted octanol–water partition coefficient (Wildman–Crippen LogP) is 3.61. The number of aryl methyl sites for hydroxylation is 2. The fraction of sp³-hybridized carbons (Fsp3) is 0.263. The van der Waals surface area contributed by atoms with Gasteiger partial charge in [0.2, 0.25) is 0 Å². The number of nitrogens with zero attached hydrogens (tertiary/aromatic N) is 1. The van der Waals surface area contributed by atoms with Gasteiger partial charge in [-0.05, 0) is 58.6 Å². The molecule has 0 aliphatic heterocycles. The van der Waals surface area contributed by atoms with E-state index >= 15 is 0 Å². The minimum absolute atomic E-state index is 0.112. The third-order valence-corrected chi connectivity index (χ3v) is 4.20. The number of para-hydroxylation sites is 1. The van der Waals surface area contributed by atoms with E-state index in [4.69, 9.17) is 14.2 Å². The first-order chi connectivity index (χ1) is 12.5. The van der Waals surface area contributed by atoms with Gasteiger partial charge in [0.1, 0.15) is 5.75 Å². The second kappa shape index (κ2) is 9.24. The van der Waals surface area contributed by atoms with Gasteiger partial charge >= 0.3 is 0 Å². The summed E-state index contributed by atoms with van der Waals surface area (Å²) < 4.78 is 16.8. The van der Waals surface area contributed by atoms with Crippen molar-refractivity contribution in [2.45, 2.75) is 13.8 Å². The number of hydrogen-bond acceptors (Lipinski definition) is 5. The maximum Gasteiger partial charge on any atom is 0.277 e. The Morgan fingerprint density at radius 1 is 1.15 bits per heavy atom. The maximum atomic E-state index is 11.9. The number of ether oxygens (including phenoxy) is 3. The first-order valence-electron chi connectivity index (χ1n) is 7.88. The Bertz CT molecular complexity index is 801. The largest absolute Gasteiger partial charge is 0.493 e. The van der Waals surface area contributed by atoms with Gasteiger partial charge in [-0.1, -0.05) is 18.2 Å². The average Bonchev–Trinajstić information content (AvgIpc) is 2.60. The molecule has 0 unspecified atom stereocenters. The van der Waals surface area contributed by atoms with Gasteiger partial charge in [0, 0.05) is 0 Å². The van der Waals surface area contributed by atoms with E-state index in [0.717, 1.165) is 26.9 Å². The van der Waals surface area contributed by atoms with Crippen LogP contribution in [0.15, 0.2) is 39.9 Å². The van der Waals surface area contributed by atoms with Crippen LogP contribution in [0.1, 0.15) is 16.7 Å². The highest BCUT2D eigenvalue weighted by atomic mass is 79.9. The fourth-order valence-corrected chi connectivity index (χ4v) is 3.01. The first-order valence-corrected chi connectivity index (χ1v) is 8.68.